The number of aryl methyl sites for hydroxylation is 3. The lowest BCUT2D eigenvalue weighted by atomic mass is 9.83. The van der Waals surface area contributed by atoms with Crippen LogP contribution in [0.2, 0.25) is 0 Å². The molecule has 0 bridgehead atoms. The van der Waals surface area contributed by atoms with Crippen molar-refractivity contribution in [2.75, 3.05) is 13.1 Å². The van der Waals surface area contributed by atoms with Gasteiger partial charge in [-0.15, -0.1) is 0 Å². The molecule has 1 aliphatic carbocycles. The van der Waals surface area contributed by atoms with Gasteiger partial charge in [0.2, 0.25) is 0 Å². The molecule has 42 heavy (non-hydrogen) atoms. The molecule has 0 spiro atoms. The standard InChI is InChI=1S/C39H49N3/c1-4-7-8-11-34-27-41-42(38(34)6-3)35-14-9-13-32(26-35)37-15-10-12-31-17-18-33(39(31)37)25-28-16-19-36(29(5-2)24-28)30-20-22-40-23-21-30/h9-10,12-16,19,24,26-27,30,33,40H,4-8,11,17-18,20-23,25H2,1-3H3. The fraction of sp³-hybridized carbons (Fsp3) is 0.462. The van der Waals surface area contributed by atoms with Crippen LogP contribution in [0.15, 0.2) is 66.9 Å². The van der Waals surface area contributed by atoms with E-state index >= 15 is 0 Å². The fourth-order valence-corrected chi connectivity index (χ4v) is 7.74. The van der Waals surface area contributed by atoms with Crippen LogP contribution in [0, 0.1) is 0 Å². The smallest absolute Gasteiger partial charge is 0.0655 e. The molecule has 0 amide bonds. The van der Waals surface area contributed by atoms with Crippen molar-refractivity contribution in [1.29, 1.82) is 0 Å². The summed E-state index contributed by atoms with van der Waals surface area (Å²) < 4.78 is 2.20. The largest absolute Gasteiger partial charge is 0.317 e. The van der Waals surface area contributed by atoms with Crippen molar-refractivity contribution in [3.63, 3.8) is 0 Å². The third-order valence-corrected chi connectivity index (χ3v) is 9.96. The Labute approximate surface area is 253 Å². The van der Waals surface area contributed by atoms with Crippen LogP contribution in [0.4, 0.5) is 0 Å². The van der Waals surface area contributed by atoms with Crippen molar-refractivity contribution in [1.82, 2.24) is 15.1 Å². The van der Waals surface area contributed by atoms with Gasteiger partial charge in [-0.2, -0.15) is 5.10 Å². The van der Waals surface area contributed by atoms with E-state index in [1.54, 1.807) is 16.7 Å². The van der Waals surface area contributed by atoms with E-state index in [1.807, 2.05) is 0 Å². The van der Waals surface area contributed by atoms with Crippen LogP contribution in [0.5, 0.6) is 0 Å². The molecule has 220 valence electrons. The molecule has 3 nitrogen and oxygen atoms in total. The van der Waals surface area contributed by atoms with Gasteiger partial charge in [0.1, 0.15) is 0 Å². The highest BCUT2D eigenvalue weighted by Gasteiger charge is 2.27. The van der Waals surface area contributed by atoms with E-state index in [0.29, 0.717) is 5.92 Å². The van der Waals surface area contributed by atoms with Gasteiger partial charge in [-0.3, -0.25) is 0 Å². The number of unbranched alkanes of at least 4 members (excludes halogenated alkanes) is 2. The lowest BCUT2D eigenvalue weighted by Crippen LogP contribution is -2.27. The maximum absolute atomic E-state index is 4.88. The first-order valence-corrected chi connectivity index (χ1v) is 16.8. The number of nitrogens with zero attached hydrogens (tertiary/aromatic N) is 2. The Hall–Kier alpha value is -3.17. The van der Waals surface area contributed by atoms with E-state index in [-0.39, 0.29) is 0 Å². The fourth-order valence-electron chi connectivity index (χ4n) is 7.74. The summed E-state index contributed by atoms with van der Waals surface area (Å²) in [5, 5.41) is 8.42. The molecule has 1 N–H and O–H groups in total. The first-order valence-electron chi connectivity index (χ1n) is 16.8. The van der Waals surface area contributed by atoms with Crippen molar-refractivity contribution in [2.24, 2.45) is 0 Å². The molecule has 4 aromatic rings. The summed E-state index contributed by atoms with van der Waals surface area (Å²) in [7, 11) is 0. The summed E-state index contributed by atoms with van der Waals surface area (Å²) in [5.74, 6) is 1.28. The van der Waals surface area contributed by atoms with Crippen molar-refractivity contribution in [3.8, 4) is 16.8 Å². The third kappa shape index (κ3) is 5.99. The molecule has 1 saturated heterocycles. The van der Waals surface area contributed by atoms with E-state index in [0.717, 1.165) is 44.7 Å². The zero-order valence-corrected chi connectivity index (χ0v) is 26.1. The summed E-state index contributed by atoms with van der Waals surface area (Å²) in [6, 6.07) is 23.6. The molecular formula is C39H49N3. The summed E-state index contributed by atoms with van der Waals surface area (Å²) in [5.41, 5.74) is 14.5. The SMILES string of the molecule is CCCCCc1cnn(-c2cccc(-c3cccc4c3C(Cc3ccc(C5CCNCC5)c(CC)c3)CC4)c2)c1CC. The second-order valence-corrected chi connectivity index (χ2v) is 12.6. The van der Waals surface area contributed by atoms with Gasteiger partial charge in [0.05, 0.1) is 11.9 Å². The average Bonchev–Trinajstić information content (AvgIpc) is 3.65. The van der Waals surface area contributed by atoms with E-state index in [4.69, 9.17) is 5.10 Å². The van der Waals surface area contributed by atoms with Gasteiger partial charge in [0.15, 0.2) is 0 Å². The molecule has 3 aromatic carbocycles. The molecule has 0 saturated carbocycles. The Kier molecular flexibility index (Phi) is 9.24. The van der Waals surface area contributed by atoms with Crippen molar-refractivity contribution >= 4 is 0 Å². The number of aromatic nitrogens is 2. The Bertz CT molecular complexity index is 1490. The molecule has 0 radical (unpaired) electrons. The third-order valence-electron chi connectivity index (χ3n) is 9.96. The minimum atomic E-state index is 0.565. The number of hydrogen-bond donors (Lipinski definition) is 1. The number of nitrogens with one attached hydrogen (secondary N) is 1. The lowest BCUT2D eigenvalue weighted by molar-refractivity contribution is 0.458. The summed E-state index contributed by atoms with van der Waals surface area (Å²) in [6.45, 7) is 9.17. The van der Waals surface area contributed by atoms with Crippen molar-refractivity contribution in [2.45, 2.75) is 103 Å². The molecule has 1 unspecified atom stereocenters. The minimum absolute atomic E-state index is 0.565. The van der Waals surface area contributed by atoms with Gasteiger partial charge < -0.3 is 5.32 Å². The molecular weight excluding hydrogens is 510 g/mol. The molecule has 1 aromatic heterocycles. The minimum Gasteiger partial charge on any atom is -0.317 e. The van der Waals surface area contributed by atoms with Gasteiger partial charge in [0, 0.05) is 5.69 Å². The van der Waals surface area contributed by atoms with Gasteiger partial charge in [-0.05, 0) is 139 Å². The summed E-state index contributed by atoms with van der Waals surface area (Å²) in [4.78, 5) is 0. The number of rotatable bonds is 11. The van der Waals surface area contributed by atoms with E-state index in [9.17, 15) is 0 Å². The van der Waals surface area contributed by atoms with Crippen molar-refractivity contribution in [3.05, 3.63) is 106 Å². The molecule has 1 fully saturated rings. The van der Waals surface area contributed by atoms with E-state index < -0.39 is 0 Å². The number of piperidine rings is 1. The lowest BCUT2D eigenvalue weighted by Gasteiger charge is -2.26. The van der Waals surface area contributed by atoms with Crippen LogP contribution >= 0.6 is 0 Å². The molecule has 1 aliphatic heterocycles. The maximum atomic E-state index is 4.88. The number of benzene rings is 3. The highest BCUT2D eigenvalue weighted by molar-refractivity contribution is 5.72. The maximum Gasteiger partial charge on any atom is 0.0655 e. The van der Waals surface area contributed by atoms with Gasteiger partial charge in [-0.25, -0.2) is 4.68 Å². The van der Waals surface area contributed by atoms with Crippen LogP contribution < -0.4 is 5.32 Å². The summed E-state index contributed by atoms with van der Waals surface area (Å²) in [6.07, 6.45) is 15.2. The molecule has 2 aliphatic rings. The van der Waals surface area contributed by atoms with Gasteiger partial charge >= 0.3 is 0 Å². The Balaban J connectivity index is 1.28. The monoisotopic (exact) mass is 559 g/mol. The van der Waals surface area contributed by atoms with Crippen LogP contribution in [0.1, 0.15) is 110 Å². The zero-order chi connectivity index (χ0) is 28.9. The molecule has 3 heteroatoms. The second-order valence-electron chi connectivity index (χ2n) is 12.6. The Morgan fingerprint density at radius 3 is 2.52 bits per heavy atom. The van der Waals surface area contributed by atoms with Crippen LogP contribution in [-0.2, 0) is 32.1 Å². The molecule has 1 atom stereocenters. The topological polar surface area (TPSA) is 29.9 Å². The predicted octanol–water partition coefficient (Wildman–Crippen LogP) is 9.14. The normalized spacial score (nSPS) is 17.1. The summed E-state index contributed by atoms with van der Waals surface area (Å²) >= 11 is 0. The quantitative estimate of drug-likeness (QED) is 0.186. The number of fused-ring (bicyclic) bond motifs is 1. The Morgan fingerprint density at radius 2 is 1.71 bits per heavy atom. The predicted molar refractivity (Wildman–Crippen MR) is 177 cm³/mol. The van der Waals surface area contributed by atoms with E-state index in [1.165, 1.54) is 84.1 Å². The first kappa shape index (κ1) is 28.9. The molecule has 2 heterocycles. The second kappa shape index (κ2) is 13.4. The zero-order valence-electron chi connectivity index (χ0n) is 26.1. The highest BCUT2D eigenvalue weighted by atomic mass is 15.3. The first-order chi connectivity index (χ1) is 20.7. The van der Waals surface area contributed by atoms with Crippen LogP contribution in [0.3, 0.4) is 0 Å². The number of hydrogen-bond acceptors (Lipinski definition) is 2. The van der Waals surface area contributed by atoms with Gasteiger partial charge in [0.25, 0.3) is 0 Å². The van der Waals surface area contributed by atoms with Crippen LogP contribution in [0.25, 0.3) is 16.8 Å². The highest BCUT2D eigenvalue weighted by Crippen LogP contribution is 2.42. The van der Waals surface area contributed by atoms with E-state index in [2.05, 4.69) is 97.6 Å². The van der Waals surface area contributed by atoms with Gasteiger partial charge in [-0.1, -0.05) is 82.1 Å². The van der Waals surface area contributed by atoms with Crippen LogP contribution in [-0.4, -0.2) is 22.9 Å². The Morgan fingerprint density at radius 1 is 0.857 bits per heavy atom. The van der Waals surface area contributed by atoms with Crippen molar-refractivity contribution < 1.29 is 0 Å². The molecule has 6 rings (SSSR count). The average molecular weight is 560 g/mol.